The Bertz CT molecular complexity index is 1490. The van der Waals surface area contributed by atoms with E-state index < -0.39 is 0 Å². The van der Waals surface area contributed by atoms with Gasteiger partial charge in [-0.05, 0) is 114 Å². The maximum absolute atomic E-state index is 11.3. The van der Waals surface area contributed by atoms with Crippen LogP contribution in [0.5, 0.6) is 0 Å². The lowest BCUT2D eigenvalue weighted by Gasteiger charge is -2.41. The van der Waals surface area contributed by atoms with Gasteiger partial charge in [-0.2, -0.15) is 0 Å². The third-order valence-corrected chi connectivity index (χ3v) is 11.6. The van der Waals surface area contributed by atoms with Crippen LogP contribution >= 0.6 is 0 Å². The summed E-state index contributed by atoms with van der Waals surface area (Å²) in [6, 6.07) is 12.3. The molecule has 0 unspecified atom stereocenters. The van der Waals surface area contributed by atoms with Gasteiger partial charge in [0.2, 0.25) is 0 Å². The van der Waals surface area contributed by atoms with Crippen LogP contribution in [0.3, 0.4) is 0 Å². The van der Waals surface area contributed by atoms with E-state index in [1.807, 2.05) is 26.0 Å². The molecular formula is C42H58N6O6. The van der Waals surface area contributed by atoms with Crippen LogP contribution < -0.4 is 10.6 Å². The molecule has 12 heteroatoms. The van der Waals surface area contributed by atoms with Crippen molar-refractivity contribution in [3.63, 3.8) is 0 Å². The Balaban J connectivity index is 0.000000208. The van der Waals surface area contributed by atoms with Crippen LogP contribution in [0.2, 0.25) is 0 Å². The van der Waals surface area contributed by atoms with Crippen molar-refractivity contribution in [2.75, 3.05) is 50.0 Å². The molecule has 2 aliphatic heterocycles. The van der Waals surface area contributed by atoms with Gasteiger partial charge in [0.15, 0.2) is 0 Å². The molecule has 2 aromatic carbocycles. The lowest BCUT2D eigenvalue weighted by atomic mass is 9.90. The van der Waals surface area contributed by atoms with Crippen molar-refractivity contribution in [3.05, 3.63) is 67.8 Å². The van der Waals surface area contributed by atoms with Crippen molar-refractivity contribution in [1.82, 2.24) is 9.80 Å². The molecule has 0 amide bonds. The van der Waals surface area contributed by atoms with E-state index in [9.17, 15) is 20.2 Å². The first-order valence-corrected chi connectivity index (χ1v) is 19.7. The van der Waals surface area contributed by atoms with Crippen LogP contribution in [-0.4, -0.2) is 95.4 Å². The van der Waals surface area contributed by atoms with Gasteiger partial charge in [-0.15, -0.1) is 12.8 Å². The molecular weight excluding hydrogens is 684 g/mol. The number of nitro groups is 2. The molecule has 0 radical (unpaired) electrons. The average Bonchev–Trinajstić information content (AvgIpc) is 3.17. The van der Waals surface area contributed by atoms with Crippen molar-refractivity contribution in [2.24, 2.45) is 0 Å². The molecule has 54 heavy (non-hydrogen) atoms. The van der Waals surface area contributed by atoms with Crippen LogP contribution in [0.1, 0.15) is 88.2 Å². The number of nitro benzene ring substituents is 2. The number of piperidine rings is 2. The highest BCUT2D eigenvalue weighted by Crippen LogP contribution is 2.32. The van der Waals surface area contributed by atoms with Crippen molar-refractivity contribution >= 4 is 22.7 Å². The number of hydrogen-bond acceptors (Lipinski definition) is 10. The summed E-state index contributed by atoms with van der Waals surface area (Å²) in [5.41, 5.74) is 3.67. The van der Waals surface area contributed by atoms with Crippen molar-refractivity contribution < 1.29 is 19.3 Å². The van der Waals surface area contributed by atoms with Crippen LogP contribution in [0.15, 0.2) is 36.4 Å². The number of nitrogens with one attached hydrogen (secondary N) is 2. The SMILES string of the molecule is C#CCOC1CCC(N2CCC(Nc3cc(C)ccc3[N+](=O)[O-])CC2)CC1.C#CCOC1CCC(N2CCC(Nc3cc(C)ccc3[N+](=O)[O-])CC2)CC1. The first kappa shape index (κ1) is 41.0. The van der Waals surface area contributed by atoms with Gasteiger partial charge < -0.3 is 29.9 Å². The Morgan fingerprint density at radius 3 is 1.30 bits per heavy atom. The zero-order valence-electron chi connectivity index (χ0n) is 32.0. The molecule has 2 aromatic rings. The minimum atomic E-state index is -0.308. The monoisotopic (exact) mass is 742 g/mol. The summed E-state index contributed by atoms with van der Waals surface area (Å²) < 4.78 is 11.3. The van der Waals surface area contributed by atoms with Gasteiger partial charge in [0.25, 0.3) is 11.4 Å². The van der Waals surface area contributed by atoms with Gasteiger partial charge in [0.05, 0.1) is 22.1 Å². The van der Waals surface area contributed by atoms with E-state index in [-0.39, 0.29) is 33.3 Å². The molecule has 2 saturated heterocycles. The highest BCUT2D eigenvalue weighted by Gasteiger charge is 2.31. The van der Waals surface area contributed by atoms with E-state index in [1.165, 1.54) is 0 Å². The van der Waals surface area contributed by atoms with Crippen molar-refractivity contribution in [1.29, 1.82) is 0 Å². The van der Waals surface area contributed by atoms with Gasteiger partial charge in [-0.1, -0.05) is 24.0 Å². The maximum atomic E-state index is 11.3. The molecule has 12 nitrogen and oxygen atoms in total. The van der Waals surface area contributed by atoms with Gasteiger partial charge in [0, 0.05) is 62.5 Å². The molecule has 2 saturated carbocycles. The molecule has 2 heterocycles. The fourth-order valence-electron chi connectivity index (χ4n) is 8.59. The summed E-state index contributed by atoms with van der Waals surface area (Å²) in [7, 11) is 0. The summed E-state index contributed by atoms with van der Waals surface area (Å²) in [5.74, 6) is 5.09. The van der Waals surface area contributed by atoms with E-state index >= 15 is 0 Å². The second-order valence-electron chi connectivity index (χ2n) is 15.4. The fraction of sp³-hybridized carbons (Fsp3) is 0.619. The number of anilines is 2. The normalized spacial score (nSPS) is 24.3. The van der Waals surface area contributed by atoms with Crippen LogP contribution in [0.4, 0.5) is 22.7 Å². The maximum Gasteiger partial charge on any atom is 0.292 e. The Morgan fingerprint density at radius 2 is 0.981 bits per heavy atom. The van der Waals surface area contributed by atoms with E-state index in [0.717, 1.165) is 114 Å². The highest BCUT2D eigenvalue weighted by atomic mass is 16.6. The zero-order valence-corrected chi connectivity index (χ0v) is 32.0. The number of aryl methyl sites for hydroxylation is 2. The lowest BCUT2D eigenvalue weighted by Crippen LogP contribution is -2.46. The molecule has 6 rings (SSSR count). The number of rotatable bonds is 12. The first-order chi connectivity index (χ1) is 26.1. The molecule has 0 aromatic heterocycles. The molecule has 292 valence electrons. The largest absolute Gasteiger partial charge is 0.377 e. The molecule has 2 aliphatic carbocycles. The number of hydrogen-bond donors (Lipinski definition) is 2. The fourth-order valence-corrected chi connectivity index (χ4v) is 8.59. The predicted molar refractivity (Wildman–Crippen MR) is 214 cm³/mol. The average molecular weight is 743 g/mol. The number of benzene rings is 2. The summed E-state index contributed by atoms with van der Waals surface area (Å²) >= 11 is 0. The standard InChI is InChI=1S/2C21H29N3O3/c2*1-3-14-27-19-7-5-18(6-8-19)23-12-10-17(11-13-23)22-20-15-16(2)4-9-21(20)24(25)26/h2*1,4,9,15,17-19,22H,5-8,10-14H2,2H3. The smallest absolute Gasteiger partial charge is 0.292 e. The second kappa shape index (κ2) is 20.5. The molecule has 0 atom stereocenters. The van der Waals surface area contributed by atoms with Gasteiger partial charge in [0.1, 0.15) is 24.6 Å². The van der Waals surface area contributed by atoms with E-state index in [0.29, 0.717) is 48.9 Å². The predicted octanol–water partition coefficient (Wildman–Crippen LogP) is 7.48. The lowest BCUT2D eigenvalue weighted by molar-refractivity contribution is -0.384. The van der Waals surface area contributed by atoms with Crippen LogP contribution in [0.25, 0.3) is 0 Å². The Labute approximate surface area is 321 Å². The van der Waals surface area contributed by atoms with E-state index in [4.69, 9.17) is 22.3 Å². The minimum absolute atomic E-state index is 0.160. The number of nitrogens with zero attached hydrogens (tertiary/aromatic N) is 4. The Morgan fingerprint density at radius 1 is 0.630 bits per heavy atom. The minimum Gasteiger partial charge on any atom is -0.377 e. The van der Waals surface area contributed by atoms with Crippen molar-refractivity contribution in [3.8, 4) is 24.7 Å². The topological polar surface area (TPSA) is 135 Å². The molecule has 4 fully saturated rings. The van der Waals surface area contributed by atoms with Gasteiger partial charge in [-0.3, -0.25) is 20.2 Å². The number of ether oxygens (including phenoxy) is 2. The van der Waals surface area contributed by atoms with Crippen LogP contribution in [0, 0.1) is 58.8 Å². The summed E-state index contributed by atoms with van der Waals surface area (Å²) in [6.07, 6.45) is 24.2. The van der Waals surface area contributed by atoms with Gasteiger partial charge in [-0.25, -0.2) is 0 Å². The Kier molecular flexibility index (Phi) is 15.5. The second-order valence-corrected chi connectivity index (χ2v) is 15.4. The summed E-state index contributed by atoms with van der Waals surface area (Å²) in [5, 5.41) is 29.4. The molecule has 4 aliphatic rings. The number of likely N-dealkylation sites (tertiary alicyclic amines) is 2. The zero-order chi connectivity index (χ0) is 38.5. The third kappa shape index (κ3) is 11.9. The molecule has 2 N–H and O–H groups in total. The summed E-state index contributed by atoms with van der Waals surface area (Å²) in [4.78, 5) is 27.1. The van der Waals surface area contributed by atoms with Crippen molar-refractivity contribution in [2.45, 2.75) is 127 Å². The third-order valence-electron chi connectivity index (χ3n) is 11.6. The van der Waals surface area contributed by atoms with Gasteiger partial charge >= 0.3 is 0 Å². The first-order valence-electron chi connectivity index (χ1n) is 19.7. The quantitative estimate of drug-likeness (QED) is 0.128. The molecule has 0 spiro atoms. The van der Waals surface area contributed by atoms with E-state index in [2.05, 4.69) is 32.3 Å². The highest BCUT2D eigenvalue weighted by molar-refractivity contribution is 5.64. The Hall–Kier alpha value is -4.20. The molecule has 0 bridgehead atoms. The summed E-state index contributed by atoms with van der Waals surface area (Å²) in [6.45, 7) is 8.91. The number of terminal acetylenes is 2. The van der Waals surface area contributed by atoms with Crippen LogP contribution in [-0.2, 0) is 9.47 Å². The van der Waals surface area contributed by atoms with E-state index in [1.54, 1.807) is 24.3 Å².